The first-order valence-electron chi connectivity index (χ1n) is 9.29. The van der Waals surface area contributed by atoms with Crippen LogP contribution in [0.1, 0.15) is 25.6 Å². The van der Waals surface area contributed by atoms with Crippen LogP contribution in [0, 0.1) is 0 Å². The van der Waals surface area contributed by atoms with Crippen molar-refractivity contribution in [1.29, 1.82) is 0 Å². The van der Waals surface area contributed by atoms with Gasteiger partial charge in [0.05, 0.1) is 12.0 Å². The number of piperazine rings is 1. The molecule has 27 heavy (non-hydrogen) atoms. The van der Waals surface area contributed by atoms with Gasteiger partial charge in [-0.3, -0.25) is 4.90 Å². The molecule has 0 N–H and O–H groups in total. The second kappa shape index (κ2) is 8.41. The van der Waals surface area contributed by atoms with E-state index in [9.17, 15) is 8.42 Å². The average Bonchev–Trinajstić information content (AvgIpc) is 3.16. The van der Waals surface area contributed by atoms with Crippen molar-refractivity contribution < 1.29 is 13.2 Å². The molecule has 8 heteroatoms. The maximum Gasteiger partial charge on any atom is 0.243 e. The Labute approximate surface area is 161 Å². The number of sulfonamides is 1. The zero-order valence-electron chi connectivity index (χ0n) is 16.2. The summed E-state index contributed by atoms with van der Waals surface area (Å²) in [6.07, 6.45) is 3.85. The number of hydrogen-bond acceptors (Lipinski definition) is 5. The van der Waals surface area contributed by atoms with E-state index in [-0.39, 0.29) is 4.90 Å². The van der Waals surface area contributed by atoms with Crippen molar-refractivity contribution >= 4 is 10.0 Å². The number of hydrogen-bond donors (Lipinski definition) is 0. The van der Waals surface area contributed by atoms with Gasteiger partial charge in [0, 0.05) is 63.6 Å². The summed E-state index contributed by atoms with van der Waals surface area (Å²) < 4.78 is 34.6. The summed E-state index contributed by atoms with van der Waals surface area (Å²) in [6, 6.07) is 6.66. The molecule has 1 aliphatic heterocycles. The van der Waals surface area contributed by atoms with Gasteiger partial charge in [0.1, 0.15) is 11.6 Å². The van der Waals surface area contributed by atoms with E-state index in [2.05, 4.69) is 28.3 Å². The lowest BCUT2D eigenvalue weighted by Crippen LogP contribution is -2.49. The molecule has 0 unspecified atom stereocenters. The second-order valence-corrected chi connectivity index (χ2v) is 9.00. The van der Waals surface area contributed by atoms with E-state index >= 15 is 0 Å². The van der Waals surface area contributed by atoms with Gasteiger partial charge < -0.3 is 9.30 Å². The zero-order valence-corrected chi connectivity index (χ0v) is 17.0. The third kappa shape index (κ3) is 4.51. The standard InChI is InChI=1S/C19H28N4O3S/c1-16(2)19-20-7-8-22(19)12-9-21-10-13-23(14-11-21)27(24,25)18-6-4-5-17(15-18)26-3/h4-8,15-16H,9-14H2,1-3H3. The lowest BCUT2D eigenvalue weighted by molar-refractivity contribution is 0.182. The summed E-state index contributed by atoms with van der Waals surface area (Å²) >= 11 is 0. The fourth-order valence-corrected chi connectivity index (χ4v) is 4.82. The monoisotopic (exact) mass is 392 g/mol. The molecule has 3 rings (SSSR count). The molecule has 1 aromatic carbocycles. The van der Waals surface area contributed by atoms with Crippen molar-refractivity contribution in [2.75, 3.05) is 39.8 Å². The predicted molar refractivity (Wildman–Crippen MR) is 105 cm³/mol. The minimum atomic E-state index is -3.48. The van der Waals surface area contributed by atoms with E-state index in [4.69, 9.17) is 4.74 Å². The predicted octanol–water partition coefficient (Wildman–Crippen LogP) is 2.02. The number of imidazole rings is 1. The second-order valence-electron chi connectivity index (χ2n) is 7.06. The van der Waals surface area contributed by atoms with Gasteiger partial charge >= 0.3 is 0 Å². The van der Waals surface area contributed by atoms with Crippen molar-refractivity contribution in [2.45, 2.75) is 31.2 Å². The molecular formula is C19H28N4O3S. The Morgan fingerprint density at radius 3 is 2.56 bits per heavy atom. The van der Waals surface area contributed by atoms with E-state index < -0.39 is 10.0 Å². The fraction of sp³-hybridized carbons (Fsp3) is 0.526. The van der Waals surface area contributed by atoms with Crippen LogP contribution in [0.3, 0.4) is 0 Å². The van der Waals surface area contributed by atoms with Crippen LogP contribution in [-0.4, -0.2) is 67.0 Å². The minimum absolute atomic E-state index is 0.287. The summed E-state index contributed by atoms with van der Waals surface area (Å²) in [7, 11) is -1.95. The van der Waals surface area contributed by atoms with E-state index in [1.165, 1.54) is 7.11 Å². The maximum atomic E-state index is 12.9. The molecule has 0 spiro atoms. The van der Waals surface area contributed by atoms with Crippen LogP contribution in [0.2, 0.25) is 0 Å². The Bertz CT molecular complexity index is 855. The summed E-state index contributed by atoms with van der Waals surface area (Å²) in [4.78, 5) is 7.01. The van der Waals surface area contributed by atoms with E-state index in [0.29, 0.717) is 24.8 Å². The highest BCUT2D eigenvalue weighted by Crippen LogP contribution is 2.22. The van der Waals surface area contributed by atoms with Crippen LogP contribution in [0.4, 0.5) is 0 Å². The first-order valence-corrected chi connectivity index (χ1v) is 10.7. The molecule has 1 saturated heterocycles. The summed E-state index contributed by atoms with van der Waals surface area (Å²) in [5.41, 5.74) is 0. The van der Waals surface area contributed by atoms with Crippen LogP contribution in [0.25, 0.3) is 0 Å². The van der Waals surface area contributed by atoms with Crippen molar-refractivity contribution in [1.82, 2.24) is 18.8 Å². The molecule has 1 aromatic heterocycles. The largest absolute Gasteiger partial charge is 0.497 e. The SMILES string of the molecule is COc1cccc(S(=O)(=O)N2CCN(CCn3ccnc3C(C)C)CC2)c1. The Hall–Kier alpha value is -1.90. The normalized spacial score (nSPS) is 16.7. The van der Waals surface area contributed by atoms with Crippen LogP contribution in [0.15, 0.2) is 41.6 Å². The Morgan fingerprint density at radius 2 is 1.89 bits per heavy atom. The van der Waals surface area contributed by atoms with Gasteiger partial charge in [-0.25, -0.2) is 13.4 Å². The third-order valence-corrected chi connectivity index (χ3v) is 6.83. The fourth-order valence-electron chi connectivity index (χ4n) is 3.36. The van der Waals surface area contributed by atoms with Gasteiger partial charge in [0.15, 0.2) is 0 Å². The van der Waals surface area contributed by atoms with E-state index in [0.717, 1.165) is 32.0 Å². The number of aromatic nitrogens is 2. The molecular weight excluding hydrogens is 364 g/mol. The van der Waals surface area contributed by atoms with E-state index in [1.54, 1.807) is 28.6 Å². The van der Waals surface area contributed by atoms with Crippen molar-refractivity contribution in [2.24, 2.45) is 0 Å². The van der Waals surface area contributed by atoms with Gasteiger partial charge in [0.25, 0.3) is 0 Å². The first kappa shape index (κ1) is 19.9. The maximum absolute atomic E-state index is 12.9. The smallest absolute Gasteiger partial charge is 0.243 e. The number of nitrogens with zero attached hydrogens (tertiary/aromatic N) is 4. The third-order valence-electron chi connectivity index (χ3n) is 4.93. The topological polar surface area (TPSA) is 67.7 Å². The lowest BCUT2D eigenvalue weighted by Gasteiger charge is -2.34. The Balaban J connectivity index is 1.57. The molecule has 1 aliphatic rings. The molecule has 2 aromatic rings. The molecule has 2 heterocycles. The quantitative estimate of drug-likeness (QED) is 0.721. The number of benzene rings is 1. The highest BCUT2D eigenvalue weighted by molar-refractivity contribution is 7.89. The van der Waals surface area contributed by atoms with Gasteiger partial charge in [-0.2, -0.15) is 4.31 Å². The van der Waals surface area contributed by atoms with Crippen molar-refractivity contribution in [3.8, 4) is 5.75 Å². The van der Waals surface area contributed by atoms with Gasteiger partial charge in [-0.15, -0.1) is 0 Å². The van der Waals surface area contributed by atoms with Gasteiger partial charge in [-0.05, 0) is 12.1 Å². The van der Waals surface area contributed by atoms with Crippen molar-refractivity contribution in [3.05, 3.63) is 42.5 Å². The Morgan fingerprint density at radius 1 is 1.15 bits per heavy atom. The molecule has 0 radical (unpaired) electrons. The lowest BCUT2D eigenvalue weighted by atomic mass is 10.2. The molecule has 0 atom stereocenters. The van der Waals surface area contributed by atoms with Crippen molar-refractivity contribution in [3.63, 3.8) is 0 Å². The van der Waals surface area contributed by atoms with Gasteiger partial charge in [0.2, 0.25) is 10.0 Å². The minimum Gasteiger partial charge on any atom is -0.497 e. The number of methoxy groups -OCH3 is 1. The first-order chi connectivity index (χ1) is 12.9. The summed E-state index contributed by atoms with van der Waals surface area (Å²) in [6.45, 7) is 8.51. The average molecular weight is 393 g/mol. The van der Waals surface area contributed by atoms with Crippen LogP contribution in [0.5, 0.6) is 5.75 Å². The molecule has 148 valence electrons. The Kier molecular flexibility index (Phi) is 6.18. The summed E-state index contributed by atoms with van der Waals surface area (Å²) in [5, 5.41) is 0. The van der Waals surface area contributed by atoms with Gasteiger partial charge in [-0.1, -0.05) is 19.9 Å². The number of rotatable bonds is 7. The zero-order chi connectivity index (χ0) is 19.4. The molecule has 0 bridgehead atoms. The number of ether oxygens (including phenoxy) is 1. The molecule has 1 fully saturated rings. The molecule has 0 aliphatic carbocycles. The van der Waals surface area contributed by atoms with Crippen LogP contribution >= 0.6 is 0 Å². The van der Waals surface area contributed by atoms with Crippen LogP contribution in [-0.2, 0) is 16.6 Å². The highest BCUT2D eigenvalue weighted by atomic mass is 32.2. The summed E-state index contributed by atoms with van der Waals surface area (Å²) in [5.74, 6) is 2.04. The van der Waals surface area contributed by atoms with E-state index in [1.807, 2.05) is 12.4 Å². The highest BCUT2D eigenvalue weighted by Gasteiger charge is 2.28. The van der Waals surface area contributed by atoms with Crippen LogP contribution < -0.4 is 4.74 Å². The molecule has 7 nitrogen and oxygen atoms in total. The molecule has 0 amide bonds. The molecule has 0 saturated carbocycles.